The summed E-state index contributed by atoms with van der Waals surface area (Å²) in [5.74, 6) is 0. The summed E-state index contributed by atoms with van der Waals surface area (Å²) in [4.78, 5) is 14.2. The van der Waals surface area contributed by atoms with Crippen LogP contribution in [0.15, 0.2) is 0 Å². The van der Waals surface area contributed by atoms with E-state index in [4.69, 9.17) is 14.4 Å². The van der Waals surface area contributed by atoms with Gasteiger partial charge in [-0.3, -0.25) is 0 Å². The monoisotopic (exact) mass is 353 g/mol. The zero-order valence-electron chi connectivity index (χ0n) is 13.3. The van der Waals surface area contributed by atoms with Gasteiger partial charge in [-0.25, -0.2) is 0 Å². The van der Waals surface area contributed by atoms with Crippen molar-refractivity contribution in [2.45, 2.75) is 41.5 Å². The zero-order valence-corrected chi connectivity index (χ0v) is 16.8. The molecule has 0 heterocycles. The van der Waals surface area contributed by atoms with Gasteiger partial charge in [0, 0.05) is 4.57 Å². The molecule has 0 rings (SSSR count). The van der Waals surface area contributed by atoms with Crippen LogP contribution >= 0.6 is 36.5 Å². The molecule has 0 aliphatic carbocycles. The minimum absolute atomic E-state index is 0. The average molecular weight is 354 g/mol. The van der Waals surface area contributed by atoms with Crippen molar-refractivity contribution in [3.63, 3.8) is 0 Å². The summed E-state index contributed by atoms with van der Waals surface area (Å²) in [6.07, 6.45) is 8.51. The van der Waals surface area contributed by atoms with E-state index in [1.807, 2.05) is 0 Å². The van der Waals surface area contributed by atoms with Crippen LogP contribution in [0.1, 0.15) is 41.5 Å². The first kappa shape index (κ1) is 28.3. The molecular formula is C12H33ClO3P3+. The zero-order chi connectivity index (χ0) is 15.0. The third kappa shape index (κ3) is 32.6. The topological polar surface area (TPSA) is 57.5 Å². The van der Waals surface area contributed by atoms with E-state index in [1.165, 1.54) is 37.0 Å². The Kier molecular flexibility index (Phi) is 36.1. The van der Waals surface area contributed by atoms with Gasteiger partial charge in [-0.2, -0.15) is 0 Å². The molecule has 0 amide bonds. The van der Waals surface area contributed by atoms with Gasteiger partial charge in [0.2, 0.25) is 0 Å². The molecule has 0 bridgehead atoms. The van der Waals surface area contributed by atoms with Gasteiger partial charge < -0.3 is 0 Å². The summed E-state index contributed by atoms with van der Waals surface area (Å²) < 4.78 is 8.70. The predicted octanol–water partition coefficient (Wildman–Crippen LogP) is 5.11. The molecular weight excluding hydrogens is 321 g/mol. The molecule has 0 saturated carbocycles. The third-order valence-electron chi connectivity index (χ3n) is 2.68. The van der Waals surface area contributed by atoms with Crippen molar-refractivity contribution in [1.29, 1.82) is 0 Å². The van der Waals surface area contributed by atoms with Crippen molar-refractivity contribution in [3.8, 4) is 0 Å². The Morgan fingerprint density at radius 1 is 0.684 bits per heavy atom. The van der Waals surface area contributed by atoms with Crippen molar-refractivity contribution < 1.29 is 14.4 Å². The number of hydrogen-bond donors (Lipinski definition) is 2. The van der Waals surface area contributed by atoms with Gasteiger partial charge in [0.05, 0.1) is 0 Å². The first-order valence-corrected chi connectivity index (χ1v) is 11.7. The molecule has 0 aliphatic heterocycles. The van der Waals surface area contributed by atoms with Gasteiger partial charge in [0.1, 0.15) is 0 Å². The molecule has 0 saturated heterocycles. The highest BCUT2D eigenvalue weighted by atomic mass is 35.5. The normalized spacial score (nSPS) is 8.95. The molecule has 0 radical (unpaired) electrons. The van der Waals surface area contributed by atoms with Crippen LogP contribution in [-0.2, 0) is 4.57 Å². The van der Waals surface area contributed by atoms with Crippen molar-refractivity contribution in [2.75, 3.05) is 37.0 Å². The standard InChI is InChI=1S/2C6H15P.ClH.HO3P/c2*1-4-7(5-2)6-3;;1-4(2)3/h2*4-6H2,1-3H3;1H;(H-,1,2,3)/p+1. The van der Waals surface area contributed by atoms with E-state index in [2.05, 4.69) is 41.5 Å². The minimum atomic E-state index is -2.87. The van der Waals surface area contributed by atoms with Crippen LogP contribution in [0.25, 0.3) is 0 Å². The summed E-state index contributed by atoms with van der Waals surface area (Å²) in [5, 5.41) is 0. The molecule has 0 aromatic rings. The summed E-state index contributed by atoms with van der Waals surface area (Å²) in [6.45, 7) is 13.7. The van der Waals surface area contributed by atoms with E-state index in [0.717, 1.165) is 0 Å². The van der Waals surface area contributed by atoms with E-state index in [0.29, 0.717) is 15.8 Å². The summed E-state index contributed by atoms with van der Waals surface area (Å²) in [7, 11) is -1.98. The summed E-state index contributed by atoms with van der Waals surface area (Å²) in [5.41, 5.74) is 0. The SMILES string of the molecule is CCP(CC)CC.CCP(CC)CC.Cl.O=[P+](O)O. The molecule has 0 aliphatic rings. The van der Waals surface area contributed by atoms with E-state index < -0.39 is 8.25 Å². The minimum Gasteiger partial charge on any atom is -0.147 e. The second kappa shape index (κ2) is 24.2. The Morgan fingerprint density at radius 3 is 0.789 bits per heavy atom. The van der Waals surface area contributed by atoms with Crippen LogP contribution in [0.2, 0.25) is 0 Å². The van der Waals surface area contributed by atoms with Gasteiger partial charge in [-0.1, -0.05) is 41.5 Å². The van der Waals surface area contributed by atoms with Crippen LogP contribution in [0.5, 0.6) is 0 Å². The van der Waals surface area contributed by atoms with Crippen molar-refractivity contribution in [1.82, 2.24) is 0 Å². The Bertz CT molecular complexity index is 139. The number of halogens is 1. The lowest BCUT2D eigenvalue weighted by atomic mass is 10.9. The molecule has 19 heavy (non-hydrogen) atoms. The van der Waals surface area contributed by atoms with Crippen LogP contribution in [0.4, 0.5) is 0 Å². The molecule has 0 atom stereocenters. The van der Waals surface area contributed by atoms with E-state index >= 15 is 0 Å². The van der Waals surface area contributed by atoms with Crippen molar-refractivity contribution >= 4 is 36.5 Å². The fraction of sp³-hybridized carbons (Fsp3) is 1.00. The molecule has 0 unspecified atom stereocenters. The summed E-state index contributed by atoms with van der Waals surface area (Å²) in [6, 6.07) is 0. The third-order valence-corrected chi connectivity index (χ3v) is 8.05. The van der Waals surface area contributed by atoms with Crippen LogP contribution < -0.4 is 0 Å². The molecule has 0 spiro atoms. The molecule has 3 nitrogen and oxygen atoms in total. The quantitative estimate of drug-likeness (QED) is 0.653. The Morgan fingerprint density at radius 2 is 0.789 bits per heavy atom. The molecule has 7 heteroatoms. The van der Waals surface area contributed by atoms with Crippen molar-refractivity contribution in [2.24, 2.45) is 0 Å². The molecule has 0 aromatic carbocycles. The highest BCUT2D eigenvalue weighted by molar-refractivity contribution is 7.57. The maximum absolute atomic E-state index is 8.70. The van der Waals surface area contributed by atoms with E-state index in [9.17, 15) is 0 Å². The fourth-order valence-corrected chi connectivity index (χ4v) is 4.02. The second-order valence-electron chi connectivity index (χ2n) is 3.49. The lowest BCUT2D eigenvalue weighted by Crippen LogP contribution is -1.83. The Balaban J connectivity index is -0.0000000900. The largest absolute Gasteiger partial charge is 0.692 e. The van der Waals surface area contributed by atoms with Crippen molar-refractivity contribution in [3.05, 3.63) is 0 Å². The van der Waals surface area contributed by atoms with Gasteiger partial charge in [0.15, 0.2) is 0 Å². The highest BCUT2D eigenvalue weighted by Gasteiger charge is 1.95. The molecule has 120 valence electrons. The Labute approximate surface area is 129 Å². The highest BCUT2D eigenvalue weighted by Crippen LogP contribution is 2.32. The first-order valence-electron chi connectivity index (χ1n) is 6.72. The number of hydrogen-bond acceptors (Lipinski definition) is 1. The van der Waals surface area contributed by atoms with Gasteiger partial charge in [-0.05, 0) is 37.0 Å². The number of rotatable bonds is 6. The first-order chi connectivity index (χ1) is 8.42. The summed E-state index contributed by atoms with van der Waals surface area (Å²) >= 11 is 0. The average Bonchev–Trinajstić information content (AvgIpc) is 2.34. The van der Waals surface area contributed by atoms with Gasteiger partial charge in [0.25, 0.3) is 0 Å². The van der Waals surface area contributed by atoms with E-state index in [1.54, 1.807) is 0 Å². The maximum Gasteiger partial charge on any atom is 0.692 e. The van der Waals surface area contributed by atoms with Gasteiger partial charge in [-0.15, -0.1) is 38.0 Å². The molecule has 0 aromatic heterocycles. The second-order valence-corrected chi connectivity index (χ2v) is 10.5. The van der Waals surface area contributed by atoms with Gasteiger partial charge >= 0.3 is 8.25 Å². The predicted molar refractivity (Wildman–Crippen MR) is 96.4 cm³/mol. The van der Waals surface area contributed by atoms with Crippen LogP contribution in [0, 0.1) is 0 Å². The lowest BCUT2D eigenvalue weighted by molar-refractivity contribution is 0.405. The maximum atomic E-state index is 8.70. The lowest BCUT2D eigenvalue weighted by Gasteiger charge is -2.07. The molecule has 2 N–H and O–H groups in total. The smallest absolute Gasteiger partial charge is 0.147 e. The Hall–Kier alpha value is 1.17. The molecule has 0 fully saturated rings. The van der Waals surface area contributed by atoms with Crippen LogP contribution in [-0.4, -0.2) is 46.8 Å². The van der Waals surface area contributed by atoms with Crippen LogP contribution in [0.3, 0.4) is 0 Å². The van der Waals surface area contributed by atoms with E-state index in [-0.39, 0.29) is 12.4 Å². The fourth-order valence-electron chi connectivity index (χ4n) is 1.34.